The van der Waals surface area contributed by atoms with Crippen LogP contribution in [0.4, 0.5) is 11.4 Å². The summed E-state index contributed by atoms with van der Waals surface area (Å²) in [6, 6.07) is 15.2. The van der Waals surface area contributed by atoms with Gasteiger partial charge in [0.15, 0.2) is 0 Å². The molecule has 278 valence electrons. The first-order chi connectivity index (χ1) is 25.3. The molecule has 0 unspecified atom stereocenters. The van der Waals surface area contributed by atoms with E-state index in [-0.39, 0.29) is 50.4 Å². The number of nitrogens with zero attached hydrogens (tertiary/aromatic N) is 3. The number of hydrogen-bond donors (Lipinski definition) is 2. The van der Waals surface area contributed by atoms with Crippen LogP contribution in [-0.2, 0) is 33.4 Å². The monoisotopic (exact) mass is 714 g/mol. The van der Waals surface area contributed by atoms with Crippen molar-refractivity contribution in [2.24, 2.45) is 11.8 Å². The summed E-state index contributed by atoms with van der Waals surface area (Å²) in [7, 11) is 1.51. The zero-order valence-electron chi connectivity index (χ0n) is 30.2. The van der Waals surface area contributed by atoms with Gasteiger partial charge in [0, 0.05) is 57.7 Å². The highest BCUT2D eigenvalue weighted by atomic mass is 16.6. The number of rotatable bonds is 11. The zero-order valence-corrected chi connectivity index (χ0v) is 30.2. The number of carbonyl (C=O) groups excluding carboxylic acids is 4. The molecular weight excluding hydrogens is 664 g/mol. The Morgan fingerprint density at radius 3 is 2.42 bits per heavy atom. The molecule has 3 amide bonds. The number of carbonyl (C=O) groups is 4. The minimum atomic E-state index is -1.47. The van der Waals surface area contributed by atoms with Gasteiger partial charge in [-0.3, -0.25) is 19.2 Å². The summed E-state index contributed by atoms with van der Waals surface area (Å²) in [5, 5.41) is 12.6. The lowest BCUT2D eigenvalue weighted by molar-refractivity contribution is -0.162. The van der Waals surface area contributed by atoms with Gasteiger partial charge in [-0.25, -0.2) is 0 Å². The quantitative estimate of drug-likeness (QED) is 0.203. The number of cyclic esters (lactones) is 1. The predicted molar refractivity (Wildman–Crippen MR) is 195 cm³/mol. The first-order valence-corrected chi connectivity index (χ1v) is 18.4. The standard InChI is InChI=1S/C40H50N4O8/c1-4-42(5-2)28-18-20-29(21-19-28)43-24-13-22-40-34(37(47)44(23-11-12-25-45)36(40)38(43)48)33-31(52-40)16-9-10-17-32(46)41-30(26-50-3)35(51-39(33)49)27-14-7-6-8-15-27/h6-9,13-16,18-22,30-31,33-36,45H,4-5,10-12,17,23-26H2,1-3H3,(H,41,46)/b16-9-/t30-,31-,33+,34+,35-,36-,40+/m0/s1. The van der Waals surface area contributed by atoms with Crippen molar-refractivity contribution in [3.63, 3.8) is 0 Å². The number of amides is 3. The maximum atomic E-state index is 14.9. The van der Waals surface area contributed by atoms with Crippen LogP contribution in [0.2, 0.25) is 0 Å². The molecule has 2 aromatic carbocycles. The molecule has 2 saturated heterocycles. The Bertz CT molecular complexity index is 1640. The Kier molecular flexibility index (Phi) is 11.8. The molecule has 7 atom stereocenters. The van der Waals surface area contributed by atoms with Gasteiger partial charge in [0.2, 0.25) is 11.8 Å². The van der Waals surface area contributed by atoms with Crippen molar-refractivity contribution in [1.82, 2.24) is 10.2 Å². The molecule has 2 N–H and O–H groups in total. The van der Waals surface area contributed by atoms with Crippen molar-refractivity contribution in [2.45, 2.75) is 69.4 Å². The smallest absolute Gasteiger partial charge is 0.313 e. The Labute approximate surface area is 305 Å². The first-order valence-electron chi connectivity index (χ1n) is 18.4. The molecule has 0 aliphatic carbocycles. The van der Waals surface area contributed by atoms with Crippen LogP contribution < -0.4 is 15.1 Å². The SMILES string of the molecule is CCN(CC)c1ccc(N2CC=C[C@@]34O[C@H]5/C=C\CCC(=O)N[C@@H](COC)[C@H](c6ccccc6)OC(=O)[C@H]5[C@@H]3C(=O)N(CCCCO)[C@H]4C2=O)cc1. The number of fused-ring (bicyclic) bond motifs is 2. The molecule has 4 heterocycles. The molecule has 0 saturated carbocycles. The molecule has 0 bridgehead atoms. The highest BCUT2D eigenvalue weighted by molar-refractivity contribution is 6.05. The number of anilines is 2. The number of nitrogens with one attached hydrogen (secondary N) is 1. The first kappa shape index (κ1) is 37.2. The van der Waals surface area contributed by atoms with Crippen LogP contribution in [0.25, 0.3) is 0 Å². The van der Waals surface area contributed by atoms with Crippen LogP contribution in [-0.4, -0.2) is 104 Å². The van der Waals surface area contributed by atoms with Gasteiger partial charge < -0.3 is 39.3 Å². The summed E-state index contributed by atoms with van der Waals surface area (Å²) in [5.41, 5.74) is 0.918. The fraction of sp³-hybridized carbons (Fsp3) is 0.500. The van der Waals surface area contributed by atoms with Crippen LogP contribution in [0.1, 0.15) is 51.2 Å². The van der Waals surface area contributed by atoms with Gasteiger partial charge in [-0.05, 0) is 62.9 Å². The lowest BCUT2D eigenvalue weighted by Gasteiger charge is -2.35. The van der Waals surface area contributed by atoms with Gasteiger partial charge in [0.05, 0.1) is 24.7 Å². The molecule has 4 aliphatic heterocycles. The highest BCUT2D eigenvalue weighted by Crippen LogP contribution is 2.53. The fourth-order valence-electron chi connectivity index (χ4n) is 8.19. The van der Waals surface area contributed by atoms with E-state index >= 15 is 0 Å². The Morgan fingerprint density at radius 2 is 1.73 bits per heavy atom. The van der Waals surface area contributed by atoms with Gasteiger partial charge in [-0.1, -0.05) is 54.6 Å². The number of methoxy groups -OCH3 is 1. The van der Waals surface area contributed by atoms with Crippen molar-refractivity contribution < 1.29 is 38.5 Å². The summed E-state index contributed by atoms with van der Waals surface area (Å²) < 4.78 is 18.6. The maximum Gasteiger partial charge on any atom is 0.313 e. The van der Waals surface area contributed by atoms with E-state index in [9.17, 15) is 24.3 Å². The lowest BCUT2D eigenvalue weighted by atomic mass is 9.77. The second-order valence-corrected chi connectivity index (χ2v) is 13.7. The van der Waals surface area contributed by atoms with E-state index < -0.39 is 47.7 Å². The maximum absolute atomic E-state index is 14.9. The number of allylic oxidation sites excluding steroid dienone is 1. The number of aliphatic hydroxyl groups excluding tert-OH is 1. The summed E-state index contributed by atoms with van der Waals surface area (Å²) in [5.74, 6) is -3.72. The molecule has 2 fully saturated rings. The zero-order chi connectivity index (χ0) is 36.8. The third-order valence-electron chi connectivity index (χ3n) is 10.7. The third-order valence-corrected chi connectivity index (χ3v) is 10.7. The number of likely N-dealkylation sites (tertiary alicyclic amines) is 1. The van der Waals surface area contributed by atoms with E-state index in [1.165, 1.54) is 7.11 Å². The second kappa shape index (κ2) is 16.4. The summed E-state index contributed by atoms with van der Waals surface area (Å²) in [4.78, 5) is 62.7. The highest BCUT2D eigenvalue weighted by Gasteiger charge is 2.71. The van der Waals surface area contributed by atoms with Crippen LogP contribution in [0.3, 0.4) is 0 Å². The number of unbranched alkanes of at least 4 members (excludes halogenated alkanes) is 1. The molecular formula is C40H50N4O8. The van der Waals surface area contributed by atoms with Crippen molar-refractivity contribution in [3.05, 3.63) is 84.5 Å². The Balaban J connectivity index is 1.41. The van der Waals surface area contributed by atoms with E-state index in [0.29, 0.717) is 30.5 Å². The summed E-state index contributed by atoms with van der Waals surface area (Å²) in [6.07, 6.45) is 6.79. The minimum absolute atomic E-state index is 0.0570. The van der Waals surface area contributed by atoms with Crippen LogP contribution in [0.5, 0.6) is 0 Å². The molecule has 1 spiro atoms. The molecule has 0 aromatic heterocycles. The average Bonchev–Trinajstić information content (AvgIpc) is 3.53. The largest absolute Gasteiger partial charge is 0.455 e. The molecule has 0 radical (unpaired) electrons. The van der Waals surface area contributed by atoms with E-state index in [0.717, 1.165) is 18.8 Å². The van der Waals surface area contributed by atoms with Crippen molar-refractivity contribution in [2.75, 3.05) is 56.3 Å². The van der Waals surface area contributed by atoms with Crippen molar-refractivity contribution >= 4 is 35.1 Å². The van der Waals surface area contributed by atoms with E-state index in [1.807, 2.05) is 60.7 Å². The molecule has 12 nitrogen and oxygen atoms in total. The Hall–Kier alpha value is -4.52. The van der Waals surface area contributed by atoms with Crippen molar-refractivity contribution in [1.29, 1.82) is 0 Å². The fourth-order valence-corrected chi connectivity index (χ4v) is 8.19. The molecule has 6 rings (SSSR count). The number of aliphatic hydroxyl groups is 1. The van der Waals surface area contributed by atoms with Crippen molar-refractivity contribution in [3.8, 4) is 0 Å². The molecule has 2 aromatic rings. The van der Waals surface area contributed by atoms with Crippen LogP contribution >= 0.6 is 0 Å². The molecule has 4 aliphatic rings. The number of hydrogen-bond acceptors (Lipinski definition) is 9. The van der Waals surface area contributed by atoms with Gasteiger partial charge >= 0.3 is 5.97 Å². The van der Waals surface area contributed by atoms with Gasteiger partial charge in [0.25, 0.3) is 5.91 Å². The Morgan fingerprint density at radius 1 is 0.981 bits per heavy atom. The van der Waals surface area contributed by atoms with E-state index in [4.69, 9.17) is 14.2 Å². The summed E-state index contributed by atoms with van der Waals surface area (Å²) in [6.45, 7) is 6.35. The predicted octanol–water partition coefficient (Wildman–Crippen LogP) is 3.55. The van der Waals surface area contributed by atoms with Gasteiger partial charge in [-0.2, -0.15) is 0 Å². The van der Waals surface area contributed by atoms with Gasteiger partial charge in [0.1, 0.15) is 23.7 Å². The van der Waals surface area contributed by atoms with E-state index in [2.05, 4.69) is 24.1 Å². The number of ether oxygens (including phenoxy) is 3. The third kappa shape index (κ3) is 7.11. The minimum Gasteiger partial charge on any atom is -0.455 e. The normalized spacial score (nSPS) is 29.6. The molecule has 12 heteroatoms. The summed E-state index contributed by atoms with van der Waals surface area (Å²) >= 11 is 0. The van der Waals surface area contributed by atoms with E-state index in [1.54, 1.807) is 28.0 Å². The van der Waals surface area contributed by atoms with Crippen LogP contribution in [0, 0.1) is 11.8 Å². The van der Waals surface area contributed by atoms with Crippen LogP contribution in [0.15, 0.2) is 78.9 Å². The molecule has 52 heavy (non-hydrogen) atoms. The lowest BCUT2D eigenvalue weighted by Crippen LogP contribution is -2.55. The number of esters is 1. The average molecular weight is 715 g/mol. The number of benzene rings is 2. The topological polar surface area (TPSA) is 138 Å². The second-order valence-electron chi connectivity index (χ2n) is 13.7. The van der Waals surface area contributed by atoms with Gasteiger partial charge in [-0.15, -0.1) is 0 Å².